The molecule has 1 saturated heterocycles. The van der Waals surface area contributed by atoms with E-state index < -0.39 is 5.60 Å². The van der Waals surface area contributed by atoms with Crippen LogP contribution in [0.15, 0.2) is 0 Å². The van der Waals surface area contributed by atoms with E-state index in [1.807, 2.05) is 0 Å². The molecule has 90 valence electrons. The van der Waals surface area contributed by atoms with Gasteiger partial charge in [-0.25, -0.2) is 0 Å². The molecule has 1 unspecified atom stereocenters. The van der Waals surface area contributed by atoms with Gasteiger partial charge < -0.3 is 20.3 Å². The third kappa shape index (κ3) is 4.47. The van der Waals surface area contributed by atoms with Crippen LogP contribution in [-0.4, -0.2) is 42.7 Å². The first-order valence-electron chi connectivity index (χ1n) is 5.62. The first-order chi connectivity index (χ1) is 6.97. The molecule has 4 nitrogen and oxygen atoms in total. The van der Waals surface area contributed by atoms with Gasteiger partial charge in [-0.15, -0.1) is 0 Å². The van der Waals surface area contributed by atoms with Gasteiger partial charge in [-0.3, -0.25) is 0 Å². The van der Waals surface area contributed by atoms with Crippen molar-refractivity contribution in [3.05, 3.63) is 0 Å². The summed E-state index contributed by atoms with van der Waals surface area (Å²) in [6.07, 6.45) is 2.57. The average molecular weight is 217 g/mol. The molecule has 0 radical (unpaired) electrons. The Bertz CT molecular complexity index is 183. The van der Waals surface area contributed by atoms with Crippen molar-refractivity contribution in [2.45, 2.75) is 44.3 Å². The number of rotatable bonds is 5. The molecule has 1 fully saturated rings. The van der Waals surface area contributed by atoms with E-state index >= 15 is 0 Å². The summed E-state index contributed by atoms with van der Waals surface area (Å²) in [6.45, 7) is 5.96. The van der Waals surface area contributed by atoms with Gasteiger partial charge in [-0.2, -0.15) is 0 Å². The van der Waals surface area contributed by atoms with Gasteiger partial charge in [-0.1, -0.05) is 0 Å². The fourth-order valence-electron chi connectivity index (χ4n) is 1.68. The second-order valence-corrected chi connectivity index (χ2v) is 4.95. The average Bonchev–Trinajstić information content (AvgIpc) is 2.17. The summed E-state index contributed by atoms with van der Waals surface area (Å²) >= 11 is 0. The van der Waals surface area contributed by atoms with E-state index in [1.54, 1.807) is 13.8 Å². The smallest absolute Gasteiger partial charge is 0.104 e. The lowest BCUT2D eigenvalue weighted by molar-refractivity contribution is -0.131. The SMILES string of the molecule is CC(C)(O)CCOC1(CN)CCCOC1. The number of ether oxygens (including phenoxy) is 2. The van der Waals surface area contributed by atoms with Crippen LogP contribution in [0.3, 0.4) is 0 Å². The second-order valence-electron chi connectivity index (χ2n) is 4.95. The van der Waals surface area contributed by atoms with Gasteiger partial charge in [0.1, 0.15) is 5.60 Å². The van der Waals surface area contributed by atoms with Gasteiger partial charge >= 0.3 is 0 Å². The Morgan fingerprint density at radius 1 is 1.53 bits per heavy atom. The molecule has 3 N–H and O–H groups in total. The zero-order valence-electron chi connectivity index (χ0n) is 9.79. The zero-order valence-corrected chi connectivity index (χ0v) is 9.79. The lowest BCUT2D eigenvalue weighted by atomic mass is 9.96. The molecule has 15 heavy (non-hydrogen) atoms. The quantitative estimate of drug-likeness (QED) is 0.710. The standard InChI is InChI=1S/C11H23NO3/c1-10(2,13)5-7-15-11(8-12)4-3-6-14-9-11/h13H,3-9,12H2,1-2H3. The monoisotopic (exact) mass is 217 g/mol. The van der Waals surface area contributed by atoms with E-state index in [0.717, 1.165) is 19.4 Å². The summed E-state index contributed by atoms with van der Waals surface area (Å²) in [6, 6.07) is 0. The lowest BCUT2D eigenvalue weighted by Gasteiger charge is -2.36. The minimum atomic E-state index is -0.675. The Morgan fingerprint density at radius 3 is 2.73 bits per heavy atom. The normalized spacial score (nSPS) is 28.0. The largest absolute Gasteiger partial charge is 0.390 e. The van der Waals surface area contributed by atoms with Gasteiger partial charge in [0.2, 0.25) is 0 Å². The molecule has 0 spiro atoms. The maximum atomic E-state index is 9.56. The lowest BCUT2D eigenvalue weighted by Crippen LogP contribution is -2.48. The predicted molar refractivity (Wildman–Crippen MR) is 58.7 cm³/mol. The molecule has 1 heterocycles. The Balaban J connectivity index is 2.33. The zero-order chi connectivity index (χ0) is 11.4. The van der Waals surface area contributed by atoms with E-state index in [-0.39, 0.29) is 5.60 Å². The highest BCUT2D eigenvalue weighted by Crippen LogP contribution is 2.23. The van der Waals surface area contributed by atoms with Gasteiger partial charge in [0.15, 0.2) is 0 Å². The predicted octanol–water partition coefficient (Wildman–Crippen LogP) is 0.672. The van der Waals surface area contributed by atoms with Crippen LogP contribution in [0.4, 0.5) is 0 Å². The molecule has 0 aromatic carbocycles. The van der Waals surface area contributed by atoms with Crippen molar-refractivity contribution in [1.82, 2.24) is 0 Å². The molecule has 1 atom stereocenters. The topological polar surface area (TPSA) is 64.7 Å². The molecule has 1 aliphatic rings. The fraction of sp³-hybridized carbons (Fsp3) is 1.00. The Hall–Kier alpha value is -0.160. The van der Waals surface area contributed by atoms with Crippen molar-refractivity contribution in [1.29, 1.82) is 0 Å². The van der Waals surface area contributed by atoms with E-state index in [0.29, 0.717) is 26.2 Å². The highest BCUT2D eigenvalue weighted by molar-refractivity contribution is 4.84. The van der Waals surface area contributed by atoms with Crippen molar-refractivity contribution in [2.24, 2.45) is 5.73 Å². The first-order valence-corrected chi connectivity index (χ1v) is 5.62. The molecule has 4 heteroatoms. The maximum absolute atomic E-state index is 9.56. The van der Waals surface area contributed by atoms with Crippen LogP contribution in [0.25, 0.3) is 0 Å². The summed E-state index contributed by atoms with van der Waals surface area (Å²) in [5.74, 6) is 0. The highest BCUT2D eigenvalue weighted by atomic mass is 16.5. The molecule has 0 aromatic heterocycles. The van der Waals surface area contributed by atoms with E-state index in [1.165, 1.54) is 0 Å². The first kappa shape index (κ1) is 12.9. The van der Waals surface area contributed by atoms with Gasteiger partial charge in [-0.05, 0) is 33.1 Å². The molecule has 0 bridgehead atoms. The van der Waals surface area contributed by atoms with Crippen molar-refractivity contribution >= 4 is 0 Å². The maximum Gasteiger partial charge on any atom is 0.104 e. The van der Waals surface area contributed by atoms with Crippen LogP contribution < -0.4 is 5.73 Å². The molecule has 0 aliphatic carbocycles. The third-order valence-electron chi connectivity index (χ3n) is 2.78. The van der Waals surface area contributed by atoms with E-state index in [4.69, 9.17) is 15.2 Å². The van der Waals surface area contributed by atoms with Crippen LogP contribution in [0.2, 0.25) is 0 Å². The second kappa shape index (κ2) is 5.25. The molecular weight excluding hydrogens is 194 g/mol. The van der Waals surface area contributed by atoms with Crippen molar-refractivity contribution < 1.29 is 14.6 Å². The molecule has 0 amide bonds. The minimum absolute atomic E-state index is 0.316. The summed E-state index contributed by atoms with van der Waals surface area (Å²) < 4.78 is 11.2. The molecule has 0 aromatic rings. The minimum Gasteiger partial charge on any atom is -0.390 e. The Morgan fingerprint density at radius 2 is 2.27 bits per heavy atom. The van der Waals surface area contributed by atoms with Crippen molar-refractivity contribution in [3.8, 4) is 0 Å². The number of hydrogen-bond donors (Lipinski definition) is 2. The molecule has 0 saturated carbocycles. The summed E-state index contributed by atoms with van der Waals surface area (Å²) in [5, 5.41) is 9.56. The fourth-order valence-corrected chi connectivity index (χ4v) is 1.68. The molecule has 1 rings (SSSR count). The van der Waals surface area contributed by atoms with E-state index in [2.05, 4.69) is 0 Å². The van der Waals surface area contributed by atoms with Gasteiger partial charge in [0.05, 0.1) is 18.8 Å². The van der Waals surface area contributed by atoms with Crippen LogP contribution in [-0.2, 0) is 9.47 Å². The Labute approximate surface area is 91.7 Å². The third-order valence-corrected chi connectivity index (χ3v) is 2.78. The van der Waals surface area contributed by atoms with Gasteiger partial charge in [0, 0.05) is 13.2 Å². The summed E-state index contributed by atoms with van der Waals surface area (Å²) in [4.78, 5) is 0. The van der Waals surface area contributed by atoms with Gasteiger partial charge in [0.25, 0.3) is 0 Å². The van der Waals surface area contributed by atoms with E-state index in [9.17, 15) is 5.11 Å². The van der Waals surface area contributed by atoms with Crippen LogP contribution in [0.1, 0.15) is 33.1 Å². The van der Waals surface area contributed by atoms with Crippen LogP contribution in [0.5, 0.6) is 0 Å². The van der Waals surface area contributed by atoms with Crippen LogP contribution in [0, 0.1) is 0 Å². The van der Waals surface area contributed by atoms with Crippen LogP contribution >= 0.6 is 0 Å². The summed E-state index contributed by atoms with van der Waals surface area (Å²) in [7, 11) is 0. The van der Waals surface area contributed by atoms with Crippen molar-refractivity contribution in [2.75, 3.05) is 26.4 Å². The molecule has 1 aliphatic heterocycles. The summed E-state index contributed by atoms with van der Waals surface area (Å²) in [5.41, 5.74) is 4.73. The highest BCUT2D eigenvalue weighted by Gasteiger charge is 2.32. The number of aliphatic hydroxyl groups is 1. The molecular formula is C11H23NO3. The van der Waals surface area contributed by atoms with Crippen molar-refractivity contribution in [3.63, 3.8) is 0 Å². The number of nitrogens with two attached hydrogens (primary N) is 1. The Kier molecular flexibility index (Phi) is 4.52. The number of hydrogen-bond acceptors (Lipinski definition) is 4.